The highest BCUT2D eigenvalue weighted by Gasteiger charge is 2.12. The van der Waals surface area contributed by atoms with E-state index in [9.17, 15) is 0 Å². The smallest absolute Gasteiger partial charge is 0.119 e. The van der Waals surface area contributed by atoms with Gasteiger partial charge in [-0.25, -0.2) is 0 Å². The Morgan fingerprint density at radius 2 is 1.80 bits per heavy atom. The van der Waals surface area contributed by atoms with E-state index in [1.54, 1.807) is 0 Å². The van der Waals surface area contributed by atoms with Crippen LogP contribution in [-0.2, 0) is 12.8 Å². The molecule has 1 unspecified atom stereocenters. The van der Waals surface area contributed by atoms with E-state index in [0.717, 1.165) is 11.3 Å². The quantitative estimate of drug-likeness (QED) is 0.919. The number of benzene rings is 2. The van der Waals surface area contributed by atoms with Crippen LogP contribution in [0.15, 0.2) is 42.5 Å². The van der Waals surface area contributed by atoms with Gasteiger partial charge in [0.2, 0.25) is 0 Å². The number of aryl methyl sites for hydroxylation is 3. The molecule has 0 amide bonds. The Labute approximate surface area is 120 Å². The van der Waals surface area contributed by atoms with Gasteiger partial charge in [-0.3, -0.25) is 0 Å². The molecule has 0 radical (unpaired) electrons. The molecule has 1 aliphatic rings. The molecule has 0 heterocycles. The Morgan fingerprint density at radius 1 is 1.05 bits per heavy atom. The van der Waals surface area contributed by atoms with E-state index in [1.807, 2.05) is 0 Å². The summed E-state index contributed by atoms with van der Waals surface area (Å²) in [5.74, 6) is 0.938. The highest BCUT2D eigenvalue weighted by Crippen LogP contribution is 2.26. The zero-order valence-corrected chi connectivity index (χ0v) is 11.9. The molecule has 1 atom stereocenters. The van der Waals surface area contributed by atoms with Crippen LogP contribution >= 0.6 is 0 Å². The van der Waals surface area contributed by atoms with Crippen molar-refractivity contribution in [3.05, 3.63) is 64.7 Å². The minimum Gasteiger partial charge on any atom is -0.492 e. The Kier molecular flexibility index (Phi) is 3.75. The lowest BCUT2D eigenvalue weighted by Gasteiger charge is -2.14. The topological polar surface area (TPSA) is 35.2 Å². The van der Waals surface area contributed by atoms with E-state index in [0.29, 0.717) is 6.61 Å². The Bertz CT molecular complexity index is 589. The van der Waals surface area contributed by atoms with Crippen molar-refractivity contribution in [3.8, 4) is 5.75 Å². The fraction of sp³-hybridized carbons (Fsp3) is 0.333. The number of ether oxygens (including phenoxy) is 1. The van der Waals surface area contributed by atoms with Gasteiger partial charge in [-0.2, -0.15) is 0 Å². The standard InChI is InChI=1S/C18H21NO/c1-13-5-7-15(8-6-13)18(19)12-20-17-10-9-14-3-2-4-16(14)11-17/h5-11,18H,2-4,12,19H2,1H3. The van der Waals surface area contributed by atoms with Gasteiger partial charge in [-0.15, -0.1) is 0 Å². The lowest BCUT2D eigenvalue weighted by molar-refractivity contribution is 0.290. The molecule has 0 fully saturated rings. The molecule has 20 heavy (non-hydrogen) atoms. The second-order valence-electron chi connectivity index (χ2n) is 5.61. The molecule has 3 rings (SSSR count). The van der Waals surface area contributed by atoms with Crippen LogP contribution in [0.25, 0.3) is 0 Å². The summed E-state index contributed by atoms with van der Waals surface area (Å²) in [5.41, 5.74) is 11.5. The number of fused-ring (bicyclic) bond motifs is 1. The van der Waals surface area contributed by atoms with Crippen molar-refractivity contribution in [3.63, 3.8) is 0 Å². The van der Waals surface area contributed by atoms with E-state index in [-0.39, 0.29) is 6.04 Å². The monoisotopic (exact) mass is 267 g/mol. The maximum absolute atomic E-state index is 6.18. The fourth-order valence-electron chi connectivity index (χ4n) is 2.73. The first kappa shape index (κ1) is 13.2. The first-order chi connectivity index (χ1) is 9.72. The molecular formula is C18H21NO. The molecule has 1 aliphatic carbocycles. The minimum absolute atomic E-state index is 0.0798. The van der Waals surface area contributed by atoms with Crippen LogP contribution in [0.1, 0.15) is 34.7 Å². The van der Waals surface area contributed by atoms with Crippen molar-refractivity contribution < 1.29 is 4.74 Å². The van der Waals surface area contributed by atoms with Crippen LogP contribution in [-0.4, -0.2) is 6.61 Å². The van der Waals surface area contributed by atoms with Crippen molar-refractivity contribution in [2.24, 2.45) is 5.73 Å². The van der Waals surface area contributed by atoms with Gasteiger partial charge in [-0.1, -0.05) is 35.9 Å². The molecule has 2 heteroatoms. The fourth-order valence-corrected chi connectivity index (χ4v) is 2.73. The van der Waals surface area contributed by atoms with Gasteiger partial charge in [0.05, 0.1) is 6.04 Å². The lowest BCUT2D eigenvalue weighted by atomic mass is 10.1. The van der Waals surface area contributed by atoms with E-state index >= 15 is 0 Å². The lowest BCUT2D eigenvalue weighted by Crippen LogP contribution is -2.19. The Hall–Kier alpha value is -1.80. The summed E-state index contributed by atoms with van der Waals surface area (Å²) in [5, 5.41) is 0. The highest BCUT2D eigenvalue weighted by atomic mass is 16.5. The molecule has 2 aromatic rings. The molecule has 0 aromatic heterocycles. The SMILES string of the molecule is Cc1ccc(C(N)COc2ccc3c(c2)CCC3)cc1. The van der Waals surface area contributed by atoms with Crippen LogP contribution in [0.4, 0.5) is 0 Å². The molecular weight excluding hydrogens is 246 g/mol. The first-order valence-corrected chi connectivity index (χ1v) is 7.29. The van der Waals surface area contributed by atoms with Gasteiger partial charge in [-0.05, 0) is 55.0 Å². The first-order valence-electron chi connectivity index (χ1n) is 7.29. The summed E-state index contributed by atoms with van der Waals surface area (Å²) < 4.78 is 5.85. The summed E-state index contributed by atoms with van der Waals surface area (Å²) in [6.45, 7) is 2.60. The van der Waals surface area contributed by atoms with Gasteiger partial charge in [0.25, 0.3) is 0 Å². The number of hydrogen-bond acceptors (Lipinski definition) is 2. The van der Waals surface area contributed by atoms with Gasteiger partial charge in [0.15, 0.2) is 0 Å². The van der Waals surface area contributed by atoms with Crippen molar-refractivity contribution in [2.75, 3.05) is 6.61 Å². The number of nitrogens with two attached hydrogens (primary N) is 1. The van der Waals surface area contributed by atoms with Crippen LogP contribution in [0.2, 0.25) is 0 Å². The van der Waals surface area contributed by atoms with Crippen molar-refractivity contribution in [1.82, 2.24) is 0 Å². The Morgan fingerprint density at radius 3 is 2.60 bits per heavy atom. The third kappa shape index (κ3) is 2.86. The minimum atomic E-state index is -0.0798. The highest BCUT2D eigenvalue weighted by molar-refractivity contribution is 5.38. The number of rotatable bonds is 4. The average Bonchev–Trinajstić information content (AvgIpc) is 2.93. The summed E-state index contributed by atoms with van der Waals surface area (Å²) in [7, 11) is 0. The number of hydrogen-bond donors (Lipinski definition) is 1. The predicted octanol–water partition coefficient (Wildman–Crippen LogP) is 3.56. The Balaban J connectivity index is 1.63. The summed E-state index contributed by atoms with van der Waals surface area (Å²) >= 11 is 0. The summed E-state index contributed by atoms with van der Waals surface area (Å²) in [6, 6.07) is 14.7. The zero-order chi connectivity index (χ0) is 13.9. The van der Waals surface area contributed by atoms with E-state index in [4.69, 9.17) is 10.5 Å². The molecule has 0 bridgehead atoms. The van der Waals surface area contributed by atoms with Crippen molar-refractivity contribution >= 4 is 0 Å². The second-order valence-corrected chi connectivity index (χ2v) is 5.61. The van der Waals surface area contributed by atoms with Gasteiger partial charge < -0.3 is 10.5 Å². The molecule has 2 aromatic carbocycles. The predicted molar refractivity (Wildman–Crippen MR) is 82.1 cm³/mol. The molecule has 0 saturated heterocycles. The van der Waals surface area contributed by atoms with Crippen LogP contribution in [0, 0.1) is 6.92 Å². The maximum Gasteiger partial charge on any atom is 0.119 e. The van der Waals surface area contributed by atoms with Crippen LogP contribution in [0.5, 0.6) is 5.75 Å². The third-order valence-corrected chi connectivity index (χ3v) is 4.01. The van der Waals surface area contributed by atoms with E-state index in [2.05, 4.69) is 49.4 Å². The molecule has 104 valence electrons. The maximum atomic E-state index is 6.18. The second kappa shape index (κ2) is 5.68. The third-order valence-electron chi connectivity index (χ3n) is 4.01. The zero-order valence-electron chi connectivity index (χ0n) is 11.9. The van der Waals surface area contributed by atoms with Crippen LogP contribution < -0.4 is 10.5 Å². The van der Waals surface area contributed by atoms with Gasteiger partial charge >= 0.3 is 0 Å². The average molecular weight is 267 g/mol. The molecule has 0 saturated carbocycles. The van der Waals surface area contributed by atoms with Crippen molar-refractivity contribution in [1.29, 1.82) is 0 Å². The van der Waals surface area contributed by atoms with E-state index < -0.39 is 0 Å². The molecule has 2 N–H and O–H groups in total. The van der Waals surface area contributed by atoms with Gasteiger partial charge in [0.1, 0.15) is 12.4 Å². The normalized spacial score (nSPS) is 14.9. The van der Waals surface area contributed by atoms with Crippen molar-refractivity contribution in [2.45, 2.75) is 32.2 Å². The molecule has 2 nitrogen and oxygen atoms in total. The molecule has 0 spiro atoms. The summed E-state index contributed by atoms with van der Waals surface area (Å²) in [4.78, 5) is 0. The van der Waals surface area contributed by atoms with Crippen LogP contribution in [0.3, 0.4) is 0 Å². The molecule has 0 aliphatic heterocycles. The summed E-state index contributed by atoms with van der Waals surface area (Å²) in [6.07, 6.45) is 3.65. The van der Waals surface area contributed by atoms with E-state index in [1.165, 1.54) is 36.0 Å². The van der Waals surface area contributed by atoms with Gasteiger partial charge in [0, 0.05) is 0 Å². The largest absolute Gasteiger partial charge is 0.492 e.